The zero-order valence-electron chi connectivity index (χ0n) is 116. The summed E-state index contributed by atoms with van der Waals surface area (Å²) >= 11 is 0. The van der Waals surface area contributed by atoms with Gasteiger partial charge in [-0.3, -0.25) is 0 Å². The first-order valence-electron chi connectivity index (χ1n) is 59.7. The van der Waals surface area contributed by atoms with Crippen LogP contribution in [0.4, 0.5) is 0 Å². The molecule has 0 radical (unpaired) electrons. The summed E-state index contributed by atoms with van der Waals surface area (Å²) in [6.45, 7) is 219. The van der Waals surface area contributed by atoms with Crippen LogP contribution in [-0.4, -0.2) is 0 Å². The topological polar surface area (TPSA) is 0 Å². The van der Waals surface area contributed by atoms with Gasteiger partial charge in [0, 0.05) is 10.8 Å². The molecule has 846 valence electrons. The molecular formula is C145H266. The largest absolute Gasteiger partial charge is 0.0776 e. The van der Waals surface area contributed by atoms with Gasteiger partial charge in [0.2, 0.25) is 0 Å². The van der Waals surface area contributed by atoms with Gasteiger partial charge in [0.1, 0.15) is 0 Å². The predicted molar refractivity (Wildman–Crippen MR) is 655 cm³/mol. The van der Waals surface area contributed by atoms with E-state index >= 15 is 0 Å². The van der Waals surface area contributed by atoms with Crippen molar-refractivity contribution >= 4 is 0 Å². The highest BCUT2D eigenvalue weighted by Gasteiger charge is 2.91. The second-order valence-corrected chi connectivity index (χ2v) is 72.9. The Balaban J connectivity index is 0.000000230. The number of fused-ring (bicyclic) bond motifs is 13. The lowest BCUT2D eigenvalue weighted by atomic mass is 9.16. The SMILES string of the molecule is C.CC1(C)C(C)(C)C2(C)C(C)(C)C(C)(C)C(C)(C1(C)C)C2(C)C.CC1=C(C)C2(C)C(C)(C)C(C)(C)C(C)(C)C(C)(C1(C)C)C2(C)C.CC1=C(C)C2(C)C(C)(C)C(C)(C)C(C)(C)C1(C)C2(C)C.CC1=C(C)C2(C)C(C)(C)C(C)(C)C(C)(C1(C)C)C2(C)C.CC1=C(C)C2(C)C(C)(C)C(C)(C1(C)C)C2(C)C.CC1=C(C)C2(C)C(C)=C(C)C(C)(C1(C)C)C2(C)C.CC1C(C)(C)C2(C)C(C)(C)C(C)(C)C(C)(C)C(C)(C1(C)C)C2(C)C. The van der Waals surface area contributed by atoms with Gasteiger partial charge in [-0.05, 0) is 316 Å². The minimum Gasteiger partial charge on any atom is -0.0776 e. The first-order chi connectivity index (χ1) is 61.5. The van der Waals surface area contributed by atoms with Crippen molar-refractivity contribution in [3.8, 4) is 0 Å². The molecule has 0 saturated heterocycles. The zero-order valence-corrected chi connectivity index (χ0v) is 116. The van der Waals surface area contributed by atoms with Crippen molar-refractivity contribution in [2.75, 3.05) is 0 Å². The average Bonchev–Trinajstić information content (AvgIpc) is 1.43. The maximum Gasteiger partial charge on any atom is 0.0152 e. The number of rotatable bonds is 0. The van der Waals surface area contributed by atoms with Gasteiger partial charge in [-0.2, -0.15) is 0 Å². The summed E-state index contributed by atoms with van der Waals surface area (Å²) in [7, 11) is 0. The molecule has 0 aromatic carbocycles. The monoisotopic (exact) mass is 2010 g/mol. The summed E-state index contributed by atoms with van der Waals surface area (Å²) < 4.78 is 0. The molecular weight excluding hydrogens is 1740 g/mol. The van der Waals surface area contributed by atoms with E-state index in [1.165, 1.54) is 0 Å². The third-order valence-electron chi connectivity index (χ3n) is 73.5. The standard InChI is InChI=1S/C24H46.C23H42.C22H42.2C20H36.C18H30.C17H30.CH4/c1-16-17(2,3)23(14)20(8,9)19(6,7)21(10,11)24(15,18(16,4)5)22(23,12)13;1-15-16(2)22(13)19(7,8)18(5,6)20(9,10)23(14,17(15,3)4)21(22,11)12;1-15(2)16(3,4)21(13)18(7,8)19(9,10)22(14,17(15,5)6)20(21,11)12;1-13-14(2)20(12)17(7,8)15(3,4)16(5,6)19(13,11)18(20,9)10;1-13-14(2)19(11)16(5,6)17(7,8)20(12,15(13,3)4)18(19,9)10;1-11-12(2)17(9)13(3)14(4)18(10,15(11,5)6)16(17,7)8;1-11-12(2)16(9)14(5,6)17(10,13(11,3)4)15(16,7)8;/h16H,1-15H3;1-14H3;1-14H3;2*1-12H3;1-10H3;1-10H3;1H4. The van der Waals surface area contributed by atoms with Gasteiger partial charge >= 0.3 is 0 Å². The van der Waals surface area contributed by atoms with E-state index in [0.717, 1.165) is 0 Å². The minimum atomic E-state index is 0. The van der Waals surface area contributed by atoms with Crippen molar-refractivity contribution in [2.24, 2.45) is 233 Å². The zero-order chi connectivity index (χ0) is 117. The molecule has 0 aromatic rings. The van der Waals surface area contributed by atoms with E-state index in [2.05, 4.69) is 602 Å². The molecule has 0 heteroatoms. The molecule has 0 nitrogen and oxygen atoms in total. The fourth-order valence-electron chi connectivity index (χ4n) is 50.7. The van der Waals surface area contributed by atoms with E-state index in [0.29, 0.717) is 33.0 Å². The Hall–Kier alpha value is -1.56. The van der Waals surface area contributed by atoms with Gasteiger partial charge < -0.3 is 0 Å². The first kappa shape index (κ1) is 130. The van der Waals surface area contributed by atoms with Crippen LogP contribution in [0.1, 0.15) is 610 Å². The molecule has 8 saturated carbocycles. The van der Waals surface area contributed by atoms with Crippen LogP contribution in [0.5, 0.6) is 0 Å². The van der Waals surface area contributed by atoms with Crippen molar-refractivity contribution in [1.29, 1.82) is 0 Å². The molecule has 15 aliphatic rings. The molecule has 15 rings (SSSR count). The lowest BCUT2D eigenvalue weighted by Crippen LogP contribution is -2.81. The molecule has 0 N–H and O–H groups in total. The molecule has 0 aromatic heterocycles. The van der Waals surface area contributed by atoms with E-state index in [-0.39, 0.29) is 219 Å². The van der Waals surface area contributed by atoms with Gasteiger partial charge in [-0.1, -0.05) is 594 Å². The van der Waals surface area contributed by atoms with E-state index in [1.54, 1.807) is 66.9 Å². The minimum absolute atomic E-state index is 0. The summed E-state index contributed by atoms with van der Waals surface area (Å²) in [5.41, 5.74) is 31.0. The van der Waals surface area contributed by atoms with Crippen molar-refractivity contribution < 1.29 is 0 Å². The van der Waals surface area contributed by atoms with Crippen molar-refractivity contribution in [2.45, 2.75) is 610 Å². The number of hydrogen-bond acceptors (Lipinski definition) is 0. The number of hydrogen-bond donors (Lipinski definition) is 0. The molecule has 14 bridgehead atoms. The third-order valence-corrected chi connectivity index (χ3v) is 73.5. The van der Waals surface area contributed by atoms with Gasteiger partial charge in [0.15, 0.2) is 0 Å². The molecule has 12 atom stereocenters. The molecule has 0 aliphatic heterocycles. The van der Waals surface area contributed by atoms with Crippen LogP contribution in [0.15, 0.2) is 66.9 Å². The van der Waals surface area contributed by atoms with Crippen LogP contribution in [0, 0.1) is 244 Å². The Morgan fingerprint density at radius 1 is 0.110 bits per heavy atom. The molecule has 8 fully saturated rings. The van der Waals surface area contributed by atoms with Crippen LogP contribution in [0.3, 0.4) is 0 Å². The van der Waals surface area contributed by atoms with Crippen LogP contribution >= 0.6 is 0 Å². The fourth-order valence-corrected chi connectivity index (χ4v) is 50.7. The van der Waals surface area contributed by atoms with Crippen molar-refractivity contribution in [3.05, 3.63) is 77.7 Å². The summed E-state index contributed by atoms with van der Waals surface area (Å²) in [6.07, 6.45) is 0. The Morgan fingerprint density at radius 2 is 0.248 bits per heavy atom. The van der Waals surface area contributed by atoms with Crippen molar-refractivity contribution in [1.82, 2.24) is 0 Å². The van der Waals surface area contributed by atoms with Gasteiger partial charge in [0.05, 0.1) is 0 Å². The fraction of sp³-hybridized carbons (Fsp3) is 0.917. The Morgan fingerprint density at radius 3 is 0.490 bits per heavy atom. The van der Waals surface area contributed by atoms with Crippen LogP contribution < -0.4 is 0 Å². The van der Waals surface area contributed by atoms with Crippen LogP contribution in [0.25, 0.3) is 0 Å². The van der Waals surface area contributed by atoms with Crippen molar-refractivity contribution in [3.63, 3.8) is 0 Å². The normalized spacial score (nSPS) is 43.9. The Bertz CT molecular complexity index is 5260. The predicted octanol–water partition coefficient (Wildman–Crippen LogP) is 47.4. The van der Waals surface area contributed by atoms with Gasteiger partial charge in [0.25, 0.3) is 0 Å². The summed E-state index contributed by atoms with van der Waals surface area (Å²) in [6, 6.07) is 0. The highest BCUT2D eigenvalue weighted by Crippen LogP contribution is 2.98. The third kappa shape index (κ3) is 11.1. The highest BCUT2D eigenvalue weighted by molar-refractivity contribution is 5.57. The Kier molecular flexibility index (Phi) is 28.2. The molecule has 0 heterocycles. The summed E-state index contributed by atoms with van der Waals surface area (Å²) in [5, 5.41) is 0. The van der Waals surface area contributed by atoms with Gasteiger partial charge in [-0.15, -0.1) is 0 Å². The smallest absolute Gasteiger partial charge is 0.0152 e. The lowest BCUT2D eigenvalue weighted by Gasteiger charge is -2.87. The Labute approximate surface area is 914 Å². The summed E-state index contributed by atoms with van der Waals surface area (Å²) in [4.78, 5) is 0. The second-order valence-electron chi connectivity index (χ2n) is 72.9. The van der Waals surface area contributed by atoms with E-state index < -0.39 is 0 Å². The molecule has 15 aliphatic carbocycles. The maximum absolute atomic E-state index is 2.63. The van der Waals surface area contributed by atoms with E-state index in [4.69, 9.17) is 0 Å². The highest BCUT2D eigenvalue weighted by atomic mass is 15.0. The second kappa shape index (κ2) is 31.4. The average molecular weight is 2010 g/mol. The number of allylic oxidation sites excluding steroid dienone is 12. The molecule has 145 heavy (non-hydrogen) atoms. The van der Waals surface area contributed by atoms with E-state index in [1.807, 2.05) is 0 Å². The molecule has 0 spiro atoms. The van der Waals surface area contributed by atoms with Crippen LogP contribution in [0.2, 0.25) is 0 Å². The maximum atomic E-state index is 2.63. The molecule has 12 unspecified atom stereocenters. The molecule has 0 amide bonds. The van der Waals surface area contributed by atoms with E-state index in [9.17, 15) is 0 Å². The van der Waals surface area contributed by atoms with Crippen LogP contribution in [-0.2, 0) is 0 Å². The van der Waals surface area contributed by atoms with Gasteiger partial charge in [-0.25, -0.2) is 0 Å². The first-order valence-corrected chi connectivity index (χ1v) is 59.7. The quantitative estimate of drug-likeness (QED) is 0.212. The lowest BCUT2D eigenvalue weighted by molar-refractivity contribution is -0.333. The summed E-state index contributed by atoms with van der Waals surface area (Å²) in [5.74, 6) is 0.669.